The quantitative estimate of drug-likeness (QED) is 0.193. The van der Waals surface area contributed by atoms with Crippen LogP contribution in [0.3, 0.4) is 0 Å². The van der Waals surface area contributed by atoms with E-state index in [4.69, 9.17) is 15.0 Å². The van der Waals surface area contributed by atoms with Crippen LogP contribution in [0.25, 0.3) is 87.4 Å². The molecule has 7 aromatic carbocycles. The van der Waals surface area contributed by atoms with Crippen molar-refractivity contribution in [3.05, 3.63) is 164 Å². The molecule has 2 heterocycles. The van der Waals surface area contributed by atoms with E-state index in [0.29, 0.717) is 0 Å². The van der Waals surface area contributed by atoms with Gasteiger partial charge >= 0.3 is 0 Å². The summed E-state index contributed by atoms with van der Waals surface area (Å²) < 4.78 is 1.18. The molecule has 0 aliphatic heterocycles. The van der Waals surface area contributed by atoms with Crippen LogP contribution in [0.4, 0.5) is 0 Å². The number of hydrogen-bond donors (Lipinski definition) is 0. The van der Waals surface area contributed by atoms with Crippen LogP contribution in [-0.4, -0.2) is 15.0 Å². The molecule has 3 nitrogen and oxygen atoms in total. The lowest BCUT2D eigenvalue weighted by atomic mass is 9.86. The van der Waals surface area contributed by atoms with E-state index in [-0.39, 0.29) is 0 Å². The van der Waals surface area contributed by atoms with E-state index in [1.54, 1.807) is 11.3 Å². The summed E-state index contributed by atoms with van der Waals surface area (Å²) in [6.07, 6.45) is 0. The first-order chi connectivity index (χ1) is 23.3. The van der Waals surface area contributed by atoms with Crippen molar-refractivity contribution >= 4 is 43.2 Å². The molecular weight excluding hydrogens is 591 g/mol. The lowest BCUT2D eigenvalue weighted by Gasteiger charge is -2.18. The van der Waals surface area contributed by atoms with Gasteiger partial charge in [-0.3, -0.25) is 0 Å². The Hall–Kier alpha value is -5.97. The molecule has 220 valence electrons. The zero-order valence-corrected chi connectivity index (χ0v) is 26.2. The average Bonchev–Trinajstić information content (AvgIpc) is 3.58. The fraction of sp³-hybridized carbons (Fsp3) is 0. The highest BCUT2D eigenvalue weighted by molar-refractivity contribution is 7.21. The number of rotatable bonds is 5. The standard InChI is InChI=1S/C43H27N3S/c1-3-14-29(15-4-1)42-44-37-22-12-11-21-36(37)41(46-42)35-20-10-9-19-34(35)40-32-18-8-7-13-28(32)23-25-33(40)31-24-26-39-38(27-31)45-43(47-39)30-16-5-2-6-17-30/h1-27H. The van der Waals surface area contributed by atoms with Crippen LogP contribution in [0.5, 0.6) is 0 Å². The Morgan fingerprint density at radius 1 is 0.404 bits per heavy atom. The van der Waals surface area contributed by atoms with Crippen molar-refractivity contribution in [2.75, 3.05) is 0 Å². The second-order valence-corrected chi connectivity index (χ2v) is 12.6. The molecule has 2 aromatic heterocycles. The van der Waals surface area contributed by atoms with Crippen LogP contribution in [0.2, 0.25) is 0 Å². The first-order valence-corrected chi connectivity index (χ1v) is 16.5. The third-order valence-corrected chi connectivity index (χ3v) is 9.82. The number of hydrogen-bond acceptors (Lipinski definition) is 4. The molecule has 0 saturated carbocycles. The molecule has 0 radical (unpaired) electrons. The van der Waals surface area contributed by atoms with Crippen molar-refractivity contribution in [3.63, 3.8) is 0 Å². The minimum atomic E-state index is 0.718. The van der Waals surface area contributed by atoms with Crippen molar-refractivity contribution in [3.8, 4) is 55.5 Å². The van der Waals surface area contributed by atoms with Gasteiger partial charge in [0.05, 0.1) is 21.4 Å². The Kier molecular flexibility index (Phi) is 6.65. The fourth-order valence-electron chi connectivity index (χ4n) is 6.51. The molecule has 0 fully saturated rings. The van der Waals surface area contributed by atoms with Gasteiger partial charge in [-0.2, -0.15) is 0 Å². The summed E-state index contributed by atoms with van der Waals surface area (Å²) in [5, 5.41) is 4.45. The van der Waals surface area contributed by atoms with Crippen LogP contribution in [0, 0.1) is 0 Å². The number of benzene rings is 7. The highest BCUT2D eigenvalue weighted by Gasteiger charge is 2.20. The Labute approximate surface area is 276 Å². The van der Waals surface area contributed by atoms with E-state index >= 15 is 0 Å². The van der Waals surface area contributed by atoms with Gasteiger partial charge in [-0.25, -0.2) is 15.0 Å². The zero-order valence-electron chi connectivity index (χ0n) is 25.3. The maximum absolute atomic E-state index is 5.26. The predicted octanol–water partition coefficient (Wildman–Crippen LogP) is 11.7. The van der Waals surface area contributed by atoms with Gasteiger partial charge in [-0.15, -0.1) is 11.3 Å². The molecule has 0 atom stereocenters. The van der Waals surface area contributed by atoms with Gasteiger partial charge in [-0.05, 0) is 51.2 Å². The van der Waals surface area contributed by atoms with Gasteiger partial charge in [0.25, 0.3) is 0 Å². The molecule has 0 unspecified atom stereocenters. The minimum absolute atomic E-state index is 0.718. The summed E-state index contributed by atoms with van der Waals surface area (Å²) in [6.45, 7) is 0. The van der Waals surface area contributed by atoms with Crippen LogP contribution < -0.4 is 0 Å². The molecule has 0 aliphatic rings. The number of fused-ring (bicyclic) bond motifs is 3. The van der Waals surface area contributed by atoms with Crippen LogP contribution in [-0.2, 0) is 0 Å². The maximum atomic E-state index is 5.26. The molecule has 4 heteroatoms. The van der Waals surface area contributed by atoms with Gasteiger partial charge in [0.1, 0.15) is 5.01 Å². The van der Waals surface area contributed by atoms with Crippen molar-refractivity contribution in [2.45, 2.75) is 0 Å². The maximum Gasteiger partial charge on any atom is 0.160 e. The average molecular weight is 618 g/mol. The number of nitrogens with zero attached hydrogens (tertiary/aromatic N) is 3. The lowest BCUT2D eigenvalue weighted by molar-refractivity contribution is 1.23. The summed E-state index contributed by atoms with van der Waals surface area (Å²) in [5.74, 6) is 0.718. The highest BCUT2D eigenvalue weighted by atomic mass is 32.1. The third-order valence-electron chi connectivity index (χ3n) is 8.74. The van der Waals surface area contributed by atoms with E-state index in [2.05, 4.69) is 133 Å². The Bertz CT molecular complexity index is 2570. The molecular formula is C43H27N3S. The summed E-state index contributed by atoms with van der Waals surface area (Å²) in [6, 6.07) is 57.4. The number of thiazole rings is 1. The van der Waals surface area contributed by atoms with E-state index in [1.165, 1.54) is 21.0 Å². The van der Waals surface area contributed by atoms with E-state index in [1.807, 2.05) is 30.3 Å². The van der Waals surface area contributed by atoms with E-state index in [9.17, 15) is 0 Å². The Balaban J connectivity index is 1.29. The summed E-state index contributed by atoms with van der Waals surface area (Å²) in [5.41, 5.74) is 10.7. The molecule has 0 spiro atoms. The van der Waals surface area contributed by atoms with Crippen LogP contribution >= 0.6 is 11.3 Å². The smallest absolute Gasteiger partial charge is 0.160 e. The van der Waals surface area contributed by atoms with Gasteiger partial charge in [0, 0.05) is 22.1 Å². The Morgan fingerprint density at radius 3 is 1.91 bits per heavy atom. The summed E-state index contributed by atoms with van der Waals surface area (Å²) >= 11 is 1.73. The van der Waals surface area contributed by atoms with Crippen molar-refractivity contribution in [1.82, 2.24) is 15.0 Å². The lowest BCUT2D eigenvalue weighted by Crippen LogP contribution is -1.97. The second kappa shape index (κ2) is 11.4. The first-order valence-electron chi connectivity index (χ1n) is 15.7. The molecule has 47 heavy (non-hydrogen) atoms. The molecule has 0 bridgehead atoms. The van der Waals surface area contributed by atoms with Gasteiger partial charge in [-0.1, -0.05) is 146 Å². The van der Waals surface area contributed by atoms with Crippen molar-refractivity contribution in [1.29, 1.82) is 0 Å². The van der Waals surface area contributed by atoms with E-state index < -0.39 is 0 Å². The molecule has 0 amide bonds. The Morgan fingerprint density at radius 2 is 1.09 bits per heavy atom. The molecule has 0 N–H and O–H groups in total. The molecule has 0 saturated heterocycles. The topological polar surface area (TPSA) is 38.7 Å². The van der Waals surface area contributed by atoms with Crippen LogP contribution in [0.15, 0.2) is 164 Å². The number of para-hydroxylation sites is 1. The SMILES string of the molecule is c1ccc(-c2nc(-c3ccccc3-c3c(-c4ccc5sc(-c6ccccc6)nc5c4)ccc4ccccc34)c3ccccc3n2)cc1. The largest absolute Gasteiger partial charge is 0.236 e. The molecule has 9 rings (SSSR count). The summed E-state index contributed by atoms with van der Waals surface area (Å²) in [4.78, 5) is 15.3. The third kappa shape index (κ3) is 4.87. The normalized spacial score (nSPS) is 11.4. The minimum Gasteiger partial charge on any atom is -0.236 e. The monoisotopic (exact) mass is 617 g/mol. The molecule has 0 aliphatic carbocycles. The van der Waals surface area contributed by atoms with Crippen molar-refractivity contribution < 1.29 is 0 Å². The van der Waals surface area contributed by atoms with Crippen molar-refractivity contribution in [2.24, 2.45) is 0 Å². The first kappa shape index (κ1) is 27.3. The molecule has 9 aromatic rings. The fourth-order valence-corrected chi connectivity index (χ4v) is 7.46. The van der Waals surface area contributed by atoms with Crippen LogP contribution in [0.1, 0.15) is 0 Å². The second-order valence-electron chi connectivity index (χ2n) is 11.6. The van der Waals surface area contributed by atoms with E-state index in [0.717, 1.165) is 66.3 Å². The number of aromatic nitrogens is 3. The zero-order chi connectivity index (χ0) is 31.2. The predicted molar refractivity (Wildman–Crippen MR) is 197 cm³/mol. The van der Waals surface area contributed by atoms with Gasteiger partial charge < -0.3 is 0 Å². The van der Waals surface area contributed by atoms with Gasteiger partial charge in [0.15, 0.2) is 5.82 Å². The van der Waals surface area contributed by atoms with Gasteiger partial charge in [0.2, 0.25) is 0 Å². The summed E-state index contributed by atoms with van der Waals surface area (Å²) in [7, 11) is 0. The highest BCUT2D eigenvalue weighted by Crippen LogP contribution is 2.44.